The van der Waals surface area contributed by atoms with Crippen LogP contribution in [-0.4, -0.2) is 32.5 Å². The highest BCUT2D eigenvalue weighted by atomic mass is 16.5. The van der Waals surface area contributed by atoms with Gasteiger partial charge in [0.2, 0.25) is 0 Å². The number of benzene rings is 1. The van der Waals surface area contributed by atoms with Gasteiger partial charge < -0.3 is 14.8 Å². The second kappa shape index (κ2) is 6.27. The molecule has 0 saturated heterocycles. The van der Waals surface area contributed by atoms with Crippen molar-refractivity contribution in [3.63, 3.8) is 0 Å². The quantitative estimate of drug-likeness (QED) is 0.551. The molecule has 0 saturated carbocycles. The number of anilines is 1. The lowest BCUT2D eigenvalue weighted by Gasteiger charge is -2.13. The summed E-state index contributed by atoms with van der Waals surface area (Å²) in [6.07, 6.45) is 0.780. The van der Waals surface area contributed by atoms with Crippen LogP contribution in [0.5, 0.6) is 5.75 Å². The van der Waals surface area contributed by atoms with Crippen LogP contribution in [-0.2, 0) is 0 Å². The highest BCUT2D eigenvalue weighted by Crippen LogP contribution is 2.19. The van der Waals surface area contributed by atoms with Crippen molar-refractivity contribution < 1.29 is 9.94 Å². The van der Waals surface area contributed by atoms with E-state index in [9.17, 15) is 0 Å². The zero-order valence-corrected chi connectivity index (χ0v) is 9.23. The van der Waals surface area contributed by atoms with Gasteiger partial charge in [-0.25, -0.2) is 5.48 Å². The van der Waals surface area contributed by atoms with E-state index >= 15 is 0 Å². The van der Waals surface area contributed by atoms with Gasteiger partial charge >= 0.3 is 0 Å². The lowest BCUT2D eigenvalue weighted by Crippen LogP contribution is -2.12. The smallest absolute Gasteiger partial charge is 0.121 e. The summed E-state index contributed by atoms with van der Waals surface area (Å²) in [5.74, 6) is 0.860. The Kier molecular flexibility index (Phi) is 4.93. The van der Waals surface area contributed by atoms with E-state index in [1.165, 1.54) is 0 Å². The number of hydrogen-bond donors (Lipinski definition) is 2. The third kappa shape index (κ3) is 4.18. The maximum Gasteiger partial charge on any atom is 0.121 e. The molecule has 0 aliphatic carbocycles. The molecule has 0 aliphatic heterocycles. The number of hydrogen-bond acceptors (Lipinski definition) is 4. The molecule has 0 atom stereocenters. The number of nitrogens with zero attached hydrogens (tertiary/aromatic N) is 1. The van der Waals surface area contributed by atoms with Crippen molar-refractivity contribution in [1.82, 2.24) is 5.48 Å². The first-order chi connectivity index (χ1) is 7.24. The molecule has 0 bridgehead atoms. The summed E-state index contributed by atoms with van der Waals surface area (Å²) in [5, 5.41) is 8.37. The molecule has 15 heavy (non-hydrogen) atoms. The van der Waals surface area contributed by atoms with Crippen molar-refractivity contribution in [2.45, 2.75) is 6.42 Å². The molecule has 0 radical (unpaired) electrons. The number of rotatable bonds is 6. The summed E-state index contributed by atoms with van der Waals surface area (Å²) in [7, 11) is 3.99. The first kappa shape index (κ1) is 11.8. The highest BCUT2D eigenvalue weighted by molar-refractivity contribution is 5.49. The molecule has 0 amide bonds. The minimum Gasteiger partial charge on any atom is -0.493 e. The van der Waals surface area contributed by atoms with E-state index in [0.717, 1.165) is 17.9 Å². The van der Waals surface area contributed by atoms with Crippen molar-refractivity contribution >= 4 is 5.69 Å². The number of ether oxygens (including phenoxy) is 1. The van der Waals surface area contributed by atoms with Gasteiger partial charge in [-0.1, -0.05) is 6.07 Å². The van der Waals surface area contributed by atoms with Crippen molar-refractivity contribution in [2.75, 3.05) is 32.1 Å². The van der Waals surface area contributed by atoms with Gasteiger partial charge in [-0.3, -0.25) is 0 Å². The summed E-state index contributed by atoms with van der Waals surface area (Å²) >= 11 is 0. The second-order valence-corrected chi connectivity index (χ2v) is 3.50. The SMILES string of the molecule is CN(C)c1cccc(OCCCNO)c1. The fourth-order valence-electron chi connectivity index (χ4n) is 1.19. The average molecular weight is 210 g/mol. The first-order valence-electron chi connectivity index (χ1n) is 5.01. The Hall–Kier alpha value is -1.26. The summed E-state index contributed by atoms with van der Waals surface area (Å²) in [5.41, 5.74) is 3.21. The van der Waals surface area contributed by atoms with E-state index in [1.807, 2.05) is 43.3 Å². The number of hydroxylamine groups is 1. The van der Waals surface area contributed by atoms with Gasteiger partial charge in [-0.2, -0.15) is 0 Å². The maximum atomic E-state index is 8.37. The van der Waals surface area contributed by atoms with E-state index in [4.69, 9.17) is 9.94 Å². The Morgan fingerprint density at radius 2 is 2.20 bits per heavy atom. The Morgan fingerprint density at radius 1 is 1.40 bits per heavy atom. The Bertz CT molecular complexity index is 290. The van der Waals surface area contributed by atoms with Gasteiger partial charge in [0, 0.05) is 32.4 Å². The molecule has 1 rings (SSSR count). The van der Waals surface area contributed by atoms with Crippen LogP contribution in [0.2, 0.25) is 0 Å². The summed E-state index contributed by atoms with van der Waals surface area (Å²) in [6.45, 7) is 1.15. The third-order valence-electron chi connectivity index (χ3n) is 2.04. The molecular weight excluding hydrogens is 192 g/mol. The molecule has 0 heterocycles. The zero-order valence-electron chi connectivity index (χ0n) is 9.23. The molecule has 0 spiro atoms. The molecule has 1 aromatic carbocycles. The molecule has 4 nitrogen and oxygen atoms in total. The van der Waals surface area contributed by atoms with Crippen molar-refractivity contribution in [3.05, 3.63) is 24.3 Å². The molecule has 0 unspecified atom stereocenters. The molecule has 84 valence electrons. The standard InChI is InChI=1S/C11H18N2O2/c1-13(2)10-5-3-6-11(9-10)15-8-4-7-12-14/h3,5-6,9,12,14H,4,7-8H2,1-2H3. The molecule has 2 N–H and O–H groups in total. The maximum absolute atomic E-state index is 8.37. The molecule has 1 aromatic rings. The van der Waals surface area contributed by atoms with Crippen molar-refractivity contribution in [2.24, 2.45) is 0 Å². The van der Waals surface area contributed by atoms with Crippen LogP contribution in [0.25, 0.3) is 0 Å². The van der Waals surface area contributed by atoms with E-state index in [1.54, 1.807) is 0 Å². The molecular formula is C11H18N2O2. The van der Waals surface area contributed by atoms with Crippen LogP contribution in [0.1, 0.15) is 6.42 Å². The van der Waals surface area contributed by atoms with Crippen molar-refractivity contribution in [3.8, 4) is 5.75 Å². The predicted molar refractivity (Wildman–Crippen MR) is 60.7 cm³/mol. The molecule has 0 aliphatic rings. The summed E-state index contributed by atoms with van der Waals surface area (Å²) in [4.78, 5) is 2.03. The summed E-state index contributed by atoms with van der Waals surface area (Å²) < 4.78 is 5.52. The predicted octanol–water partition coefficient (Wildman–Crippen LogP) is 1.50. The molecule has 0 aromatic heterocycles. The van der Waals surface area contributed by atoms with Gasteiger partial charge in [0.1, 0.15) is 5.75 Å². The van der Waals surface area contributed by atoms with Crippen LogP contribution >= 0.6 is 0 Å². The van der Waals surface area contributed by atoms with E-state index < -0.39 is 0 Å². The fourth-order valence-corrected chi connectivity index (χ4v) is 1.19. The molecule has 4 heteroatoms. The normalized spacial score (nSPS) is 10.1. The van der Waals surface area contributed by atoms with E-state index in [2.05, 4.69) is 5.48 Å². The van der Waals surface area contributed by atoms with Crippen molar-refractivity contribution in [1.29, 1.82) is 0 Å². The Labute approximate surface area is 90.4 Å². The topological polar surface area (TPSA) is 44.7 Å². The average Bonchev–Trinajstić information content (AvgIpc) is 2.25. The van der Waals surface area contributed by atoms with Crippen LogP contribution in [0.15, 0.2) is 24.3 Å². The fraction of sp³-hybridized carbons (Fsp3) is 0.455. The zero-order chi connectivity index (χ0) is 11.1. The number of nitrogens with one attached hydrogen (secondary N) is 1. The van der Waals surface area contributed by atoms with E-state index in [0.29, 0.717) is 13.2 Å². The molecule has 0 fully saturated rings. The van der Waals surface area contributed by atoms with Crippen LogP contribution in [0.3, 0.4) is 0 Å². The van der Waals surface area contributed by atoms with Crippen LogP contribution in [0.4, 0.5) is 5.69 Å². The van der Waals surface area contributed by atoms with Gasteiger partial charge in [0.25, 0.3) is 0 Å². The van der Waals surface area contributed by atoms with Gasteiger partial charge in [-0.05, 0) is 18.6 Å². The minimum absolute atomic E-state index is 0.549. The van der Waals surface area contributed by atoms with Crippen LogP contribution in [0, 0.1) is 0 Å². The first-order valence-corrected chi connectivity index (χ1v) is 5.01. The van der Waals surface area contributed by atoms with Gasteiger partial charge in [-0.15, -0.1) is 0 Å². The van der Waals surface area contributed by atoms with E-state index in [-0.39, 0.29) is 0 Å². The largest absolute Gasteiger partial charge is 0.493 e. The monoisotopic (exact) mass is 210 g/mol. The Balaban J connectivity index is 2.43. The lowest BCUT2D eigenvalue weighted by molar-refractivity contribution is 0.157. The van der Waals surface area contributed by atoms with Gasteiger partial charge in [0.15, 0.2) is 0 Å². The van der Waals surface area contributed by atoms with Crippen LogP contribution < -0.4 is 15.1 Å². The second-order valence-electron chi connectivity index (χ2n) is 3.50. The summed E-state index contributed by atoms with van der Waals surface area (Å²) in [6, 6.07) is 7.92. The lowest BCUT2D eigenvalue weighted by atomic mass is 10.3. The minimum atomic E-state index is 0.549. The Morgan fingerprint density at radius 3 is 2.87 bits per heavy atom. The van der Waals surface area contributed by atoms with Gasteiger partial charge in [0.05, 0.1) is 6.61 Å². The third-order valence-corrected chi connectivity index (χ3v) is 2.04. The highest BCUT2D eigenvalue weighted by Gasteiger charge is 1.97.